The van der Waals surface area contributed by atoms with E-state index < -0.39 is 5.97 Å². The zero-order valence-corrected chi connectivity index (χ0v) is 15.7. The highest BCUT2D eigenvalue weighted by Crippen LogP contribution is 2.30. The van der Waals surface area contributed by atoms with E-state index in [1.54, 1.807) is 19.1 Å². The van der Waals surface area contributed by atoms with E-state index in [-0.39, 0.29) is 30.1 Å². The number of nitrogens with zero attached hydrogens (tertiary/aromatic N) is 2. The molecule has 0 N–H and O–H groups in total. The Kier molecular flexibility index (Phi) is 4.79. The van der Waals surface area contributed by atoms with Crippen LogP contribution < -0.4 is 5.56 Å². The number of rotatable bonds is 5. The van der Waals surface area contributed by atoms with E-state index in [4.69, 9.17) is 9.15 Å². The number of furan rings is 1. The first-order valence-electron chi connectivity index (χ1n) is 8.54. The largest absolute Gasteiger partial charge is 0.467 e. The monoisotopic (exact) mass is 398 g/mol. The molecule has 6 nitrogen and oxygen atoms in total. The molecular weight excluding hydrogens is 383 g/mol. The van der Waals surface area contributed by atoms with Crippen molar-refractivity contribution >= 4 is 27.5 Å². The number of fused-ring (bicyclic) bond motifs is 1. The van der Waals surface area contributed by atoms with Crippen LogP contribution in [0.3, 0.4) is 0 Å². The third-order valence-corrected chi connectivity index (χ3v) is 5.16. The van der Waals surface area contributed by atoms with Crippen molar-refractivity contribution in [1.29, 1.82) is 0 Å². The molecule has 28 heavy (non-hydrogen) atoms. The Morgan fingerprint density at radius 2 is 2.07 bits per heavy atom. The van der Waals surface area contributed by atoms with Gasteiger partial charge in [0.2, 0.25) is 0 Å². The highest BCUT2D eigenvalue weighted by Gasteiger charge is 2.18. The molecule has 0 atom stereocenters. The van der Waals surface area contributed by atoms with E-state index in [2.05, 4.69) is 4.98 Å². The highest BCUT2D eigenvalue weighted by atomic mass is 32.1. The lowest BCUT2D eigenvalue weighted by Crippen LogP contribution is -2.21. The average molecular weight is 398 g/mol. The summed E-state index contributed by atoms with van der Waals surface area (Å²) in [6.45, 7) is 2.00. The van der Waals surface area contributed by atoms with Crippen molar-refractivity contribution in [3.8, 4) is 11.1 Å². The summed E-state index contributed by atoms with van der Waals surface area (Å²) in [6, 6.07) is 7.46. The van der Waals surface area contributed by atoms with Gasteiger partial charge >= 0.3 is 5.97 Å². The normalized spacial score (nSPS) is 11.1. The number of esters is 1. The first kappa shape index (κ1) is 18.1. The molecule has 8 heteroatoms. The van der Waals surface area contributed by atoms with Crippen LogP contribution in [0, 0.1) is 5.82 Å². The maximum absolute atomic E-state index is 13.2. The number of halogens is 1. The number of ether oxygens (including phenoxy) is 1. The molecule has 4 aromatic rings. The van der Waals surface area contributed by atoms with E-state index in [1.807, 2.05) is 5.38 Å². The lowest BCUT2D eigenvalue weighted by Gasteiger charge is -2.06. The highest BCUT2D eigenvalue weighted by molar-refractivity contribution is 7.17. The summed E-state index contributed by atoms with van der Waals surface area (Å²) >= 11 is 1.34. The lowest BCUT2D eigenvalue weighted by molar-refractivity contribution is 0.0523. The van der Waals surface area contributed by atoms with Crippen molar-refractivity contribution < 1.29 is 18.3 Å². The van der Waals surface area contributed by atoms with Crippen LogP contribution in [-0.4, -0.2) is 22.1 Å². The van der Waals surface area contributed by atoms with Crippen LogP contribution in [-0.2, 0) is 11.3 Å². The van der Waals surface area contributed by atoms with Crippen molar-refractivity contribution in [1.82, 2.24) is 9.55 Å². The van der Waals surface area contributed by atoms with Crippen molar-refractivity contribution in [3.05, 3.63) is 75.8 Å². The molecule has 0 aliphatic rings. The number of thiophene rings is 1. The van der Waals surface area contributed by atoms with Gasteiger partial charge in [0, 0.05) is 10.9 Å². The minimum absolute atomic E-state index is 0.0433. The van der Waals surface area contributed by atoms with Gasteiger partial charge in [0.25, 0.3) is 5.56 Å². The van der Waals surface area contributed by atoms with E-state index in [1.165, 1.54) is 46.7 Å². The number of aromatic nitrogens is 2. The Labute approximate surface area is 162 Å². The standard InChI is InChI=1S/C20H15FN2O4S/c1-2-26-20(25)14-7-8-27-16(14)9-23-11-22-18-17(19(23)24)15(10-28-18)12-3-5-13(21)6-4-12/h3-8,10-11H,2,9H2,1H3. The van der Waals surface area contributed by atoms with Crippen LogP contribution in [0.4, 0.5) is 4.39 Å². The molecule has 4 rings (SSSR count). The summed E-state index contributed by atoms with van der Waals surface area (Å²) in [5.74, 6) is -0.528. The van der Waals surface area contributed by atoms with Crippen LogP contribution in [0.2, 0.25) is 0 Å². The summed E-state index contributed by atoms with van der Waals surface area (Å²) < 4.78 is 25.0. The molecule has 0 bridgehead atoms. The second kappa shape index (κ2) is 7.40. The molecule has 3 aromatic heterocycles. The topological polar surface area (TPSA) is 74.3 Å². The van der Waals surface area contributed by atoms with Gasteiger partial charge in [0.15, 0.2) is 0 Å². The van der Waals surface area contributed by atoms with Gasteiger partial charge in [-0.1, -0.05) is 12.1 Å². The third-order valence-electron chi connectivity index (χ3n) is 4.27. The zero-order valence-electron chi connectivity index (χ0n) is 14.8. The number of benzene rings is 1. The molecular formula is C20H15FN2O4S. The van der Waals surface area contributed by atoms with E-state index in [0.717, 1.165) is 5.56 Å². The van der Waals surface area contributed by atoms with Gasteiger partial charge in [-0.15, -0.1) is 11.3 Å². The lowest BCUT2D eigenvalue weighted by atomic mass is 10.1. The van der Waals surface area contributed by atoms with Gasteiger partial charge in [-0.05, 0) is 30.7 Å². The smallest absolute Gasteiger partial charge is 0.341 e. The van der Waals surface area contributed by atoms with Crippen LogP contribution in [0.5, 0.6) is 0 Å². The fourth-order valence-corrected chi connectivity index (χ4v) is 3.84. The Morgan fingerprint density at radius 1 is 1.29 bits per heavy atom. The SMILES string of the molecule is CCOC(=O)c1ccoc1Cn1cnc2scc(-c3ccc(F)cc3)c2c1=O. The molecule has 1 aromatic carbocycles. The number of hydrogen-bond acceptors (Lipinski definition) is 6. The first-order chi connectivity index (χ1) is 13.6. The van der Waals surface area contributed by atoms with Crippen molar-refractivity contribution in [2.75, 3.05) is 6.61 Å². The predicted molar refractivity (Wildman–Crippen MR) is 103 cm³/mol. The van der Waals surface area contributed by atoms with Crippen molar-refractivity contribution in [3.63, 3.8) is 0 Å². The summed E-state index contributed by atoms with van der Waals surface area (Å²) in [7, 11) is 0. The molecule has 142 valence electrons. The summed E-state index contributed by atoms with van der Waals surface area (Å²) in [5.41, 5.74) is 1.43. The molecule has 0 aliphatic carbocycles. The zero-order chi connectivity index (χ0) is 19.7. The van der Waals surface area contributed by atoms with Crippen LogP contribution in [0.15, 0.2) is 57.5 Å². The maximum Gasteiger partial charge on any atom is 0.341 e. The average Bonchev–Trinajstić information content (AvgIpc) is 3.32. The summed E-state index contributed by atoms with van der Waals surface area (Å²) in [4.78, 5) is 30.0. The molecule has 0 unspecified atom stereocenters. The minimum atomic E-state index is -0.504. The quantitative estimate of drug-likeness (QED) is 0.474. The molecule has 0 amide bonds. The fourth-order valence-electron chi connectivity index (χ4n) is 2.93. The van der Waals surface area contributed by atoms with Crippen LogP contribution >= 0.6 is 11.3 Å². The van der Waals surface area contributed by atoms with Crippen molar-refractivity contribution in [2.45, 2.75) is 13.5 Å². The second-order valence-electron chi connectivity index (χ2n) is 5.99. The van der Waals surface area contributed by atoms with Gasteiger partial charge in [0.1, 0.15) is 22.0 Å². The molecule has 0 spiro atoms. The third kappa shape index (κ3) is 3.22. The molecule has 3 heterocycles. The van der Waals surface area contributed by atoms with E-state index in [0.29, 0.717) is 21.5 Å². The first-order valence-corrected chi connectivity index (χ1v) is 9.42. The minimum Gasteiger partial charge on any atom is -0.467 e. The summed E-state index contributed by atoms with van der Waals surface area (Å²) in [6.07, 6.45) is 2.81. The Balaban J connectivity index is 1.76. The van der Waals surface area contributed by atoms with Gasteiger partial charge in [-0.25, -0.2) is 14.2 Å². The Bertz CT molecular complexity index is 1210. The van der Waals surface area contributed by atoms with Crippen LogP contribution in [0.1, 0.15) is 23.0 Å². The maximum atomic E-state index is 13.2. The van der Waals surface area contributed by atoms with Crippen LogP contribution in [0.25, 0.3) is 21.3 Å². The molecule has 0 aliphatic heterocycles. The van der Waals surface area contributed by atoms with Gasteiger partial charge in [-0.3, -0.25) is 9.36 Å². The number of carbonyl (C=O) groups excluding carboxylic acids is 1. The second-order valence-corrected chi connectivity index (χ2v) is 6.85. The molecule has 0 radical (unpaired) electrons. The van der Waals surface area contributed by atoms with Gasteiger partial charge in [0.05, 0.1) is 31.1 Å². The van der Waals surface area contributed by atoms with Crippen molar-refractivity contribution in [2.24, 2.45) is 0 Å². The molecule has 0 saturated carbocycles. The molecule has 0 fully saturated rings. The van der Waals surface area contributed by atoms with E-state index in [9.17, 15) is 14.0 Å². The molecule has 0 saturated heterocycles. The predicted octanol–water partition coefficient (Wildman–Crippen LogP) is 4.08. The number of hydrogen-bond donors (Lipinski definition) is 0. The summed E-state index contributed by atoms with van der Waals surface area (Å²) in [5, 5.41) is 2.27. The van der Waals surface area contributed by atoms with Gasteiger partial charge < -0.3 is 9.15 Å². The fraction of sp³-hybridized carbons (Fsp3) is 0.150. The Morgan fingerprint density at radius 3 is 2.82 bits per heavy atom. The Hall–Kier alpha value is -3.26. The van der Waals surface area contributed by atoms with Gasteiger partial charge in [-0.2, -0.15) is 0 Å². The number of carbonyl (C=O) groups is 1. The van der Waals surface area contributed by atoms with E-state index >= 15 is 0 Å².